The van der Waals surface area contributed by atoms with Gasteiger partial charge in [-0.1, -0.05) is 23.7 Å². The zero-order valence-corrected chi connectivity index (χ0v) is 17.0. The van der Waals surface area contributed by atoms with Gasteiger partial charge in [0.15, 0.2) is 0 Å². The molecule has 1 fully saturated rings. The normalized spacial score (nSPS) is 19.2. The SMILES string of the molecule is O=C(CC1CCC(c2ccnc3ccc(F)cc23)CC1)NCc1ccc(Cl)cc1. The summed E-state index contributed by atoms with van der Waals surface area (Å²) in [6, 6.07) is 14.3. The Kier molecular flexibility index (Phi) is 6.10. The first-order valence-corrected chi connectivity index (χ1v) is 10.5. The second kappa shape index (κ2) is 8.91. The lowest BCUT2D eigenvalue weighted by Gasteiger charge is -2.29. The van der Waals surface area contributed by atoms with Gasteiger partial charge in [0, 0.05) is 29.6 Å². The smallest absolute Gasteiger partial charge is 0.220 e. The Balaban J connectivity index is 1.31. The van der Waals surface area contributed by atoms with Crippen LogP contribution in [0.4, 0.5) is 4.39 Å². The predicted molar refractivity (Wildman–Crippen MR) is 114 cm³/mol. The molecule has 2 aromatic carbocycles. The second-order valence-electron chi connectivity index (χ2n) is 7.89. The fourth-order valence-corrected chi connectivity index (χ4v) is 4.44. The number of carbonyl (C=O) groups excluding carboxylic acids is 1. The molecule has 3 nitrogen and oxygen atoms in total. The van der Waals surface area contributed by atoms with E-state index < -0.39 is 0 Å². The van der Waals surface area contributed by atoms with Gasteiger partial charge in [0.2, 0.25) is 5.91 Å². The number of aromatic nitrogens is 1. The molecule has 1 amide bonds. The molecule has 0 saturated heterocycles. The molecular formula is C24H24ClFN2O. The number of pyridine rings is 1. The summed E-state index contributed by atoms with van der Waals surface area (Å²) in [4.78, 5) is 16.7. The van der Waals surface area contributed by atoms with Crippen LogP contribution in [0.5, 0.6) is 0 Å². The fraction of sp³-hybridized carbons (Fsp3) is 0.333. The maximum Gasteiger partial charge on any atom is 0.220 e. The van der Waals surface area contributed by atoms with E-state index in [0.29, 0.717) is 29.8 Å². The first kappa shape index (κ1) is 19.8. The highest BCUT2D eigenvalue weighted by molar-refractivity contribution is 6.30. The summed E-state index contributed by atoms with van der Waals surface area (Å²) < 4.78 is 13.7. The zero-order valence-electron chi connectivity index (χ0n) is 16.2. The van der Waals surface area contributed by atoms with Gasteiger partial charge in [-0.05, 0) is 85.0 Å². The number of benzene rings is 2. The molecule has 1 N–H and O–H groups in total. The zero-order chi connectivity index (χ0) is 20.2. The Morgan fingerprint density at radius 3 is 2.59 bits per heavy atom. The van der Waals surface area contributed by atoms with Gasteiger partial charge in [-0.15, -0.1) is 0 Å². The van der Waals surface area contributed by atoms with Gasteiger partial charge >= 0.3 is 0 Å². The number of amides is 1. The van der Waals surface area contributed by atoms with Crippen molar-refractivity contribution in [1.82, 2.24) is 10.3 Å². The van der Waals surface area contributed by atoms with Crippen LogP contribution in [-0.4, -0.2) is 10.9 Å². The third-order valence-electron chi connectivity index (χ3n) is 5.90. The average molecular weight is 411 g/mol. The summed E-state index contributed by atoms with van der Waals surface area (Å²) in [5, 5.41) is 4.62. The van der Waals surface area contributed by atoms with Crippen LogP contribution in [0, 0.1) is 11.7 Å². The van der Waals surface area contributed by atoms with Gasteiger partial charge < -0.3 is 5.32 Å². The Morgan fingerprint density at radius 1 is 1.07 bits per heavy atom. The highest BCUT2D eigenvalue weighted by atomic mass is 35.5. The molecule has 0 aliphatic heterocycles. The largest absolute Gasteiger partial charge is 0.352 e. The number of nitrogens with zero attached hydrogens (tertiary/aromatic N) is 1. The van der Waals surface area contributed by atoms with Gasteiger partial charge in [-0.3, -0.25) is 9.78 Å². The number of rotatable bonds is 5. The molecule has 0 unspecified atom stereocenters. The predicted octanol–water partition coefficient (Wildman–Crippen LogP) is 6.01. The van der Waals surface area contributed by atoms with Crippen molar-refractivity contribution < 1.29 is 9.18 Å². The highest BCUT2D eigenvalue weighted by Crippen LogP contribution is 2.39. The molecule has 1 saturated carbocycles. The van der Waals surface area contributed by atoms with Crippen molar-refractivity contribution in [2.45, 2.75) is 44.6 Å². The van der Waals surface area contributed by atoms with Crippen LogP contribution in [0.25, 0.3) is 10.9 Å². The number of halogens is 2. The van der Waals surface area contributed by atoms with E-state index in [2.05, 4.69) is 10.3 Å². The third-order valence-corrected chi connectivity index (χ3v) is 6.15. The van der Waals surface area contributed by atoms with E-state index in [0.717, 1.165) is 42.1 Å². The highest BCUT2D eigenvalue weighted by Gasteiger charge is 2.25. The van der Waals surface area contributed by atoms with Crippen molar-refractivity contribution in [1.29, 1.82) is 0 Å². The Morgan fingerprint density at radius 2 is 1.83 bits per heavy atom. The van der Waals surface area contributed by atoms with Gasteiger partial charge in [0.05, 0.1) is 5.52 Å². The molecule has 0 spiro atoms. The number of fused-ring (bicyclic) bond motifs is 1. The van der Waals surface area contributed by atoms with Crippen molar-refractivity contribution in [3.05, 3.63) is 76.7 Å². The molecule has 3 aromatic rings. The first-order valence-electron chi connectivity index (χ1n) is 10.1. The molecule has 5 heteroatoms. The lowest BCUT2D eigenvalue weighted by molar-refractivity contribution is -0.122. The Hall–Kier alpha value is -2.46. The van der Waals surface area contributed by atoms with Crippen LogP contribution >= 0.6 is 11.6 Å². The molecule has 150 valence electrons. The molecule has 1 aromatic heterocycles. The summed E-state index contributed by atoms with van der Waals surface area (Å²) in [5.74, 6) is 0.676. The van der Waals surface area contributed by atoms with Crippen LogP contribution < -0.4 is 5.32 Å². The molecule has 4 rings (SSSR count). The van der Waals surface area contributed by atoms with Crippen molar-refractivity contribution in [2.75, 3.05) is 0 Å². The van der Waals surface area contributed by atoms with Gasteiger partial charge in [-0.25, -0.2) is 4.39 Å². The van der Waals surface area contributed by atoms with Gasteiger partial charge in [0.1, 0.15) is 5.82 Å². The summed E-state index contributed by atoms with van der Waals surface area (Å²) in [7, 11) is 0. The van der Waals surface area contributed by atoms with E-state index in [1.165, 1.54) is 11.6 Å². The van der Waals surface area contributed by atoms with Crippen LogP contribution in [-0.2, 0) is 11.3 Å². The minimum absolute atomic E-state index is 0.0971. The van der Waals surface area contributed by atoms with Crippen LogP contribution in [0.1, 0.15) is 49.1 Å². The standard InChI is InChI=1S/C24H24ClFN2O/c25-19-7-3-17(4-8-19)15-28-24(29)13-16-1-5-18(6-2-16)21-11-12-27-23-10-9-20(26)14-22(21)23/h3-4,7-12,14,16,18H,1-2,5-6,13,15H2,(H,28,29). The first-order chi connectivity index (χ1) is 14.1. The maximum absolute atomic E-state index is 13.7. The van der Waals surface area contributed by atoms with Crippen molar-refractivity contribution >= 4 is 28.4 Å². The monoisotopic (exact) mass is 410 g/mol. The minimum atomic E-state index is -0.224. The van der Waals surface area contributed by atoms with Crippen molar-refractivity contribution in [3.8, 4) is 0 Å². The summed E-state index contributed by atoms with van der Waals surface area (Å²) in [5.41, 5.74) is 3.07. The molecule has 1 heterocycles. The fourth-order valence-electron chi connectivity index (χ4n) is 4.31. The molecule has 29 heavy (non-hydrogen) atoms. The summed E-state index contributed by atoms with van der Waals surface area (Å²) in [6.45, 7) is 0.528. The van der Waals surface area contributed by atoms with E-state index in [1.807, 2.05) is 36.5 Å². The molecule has 0 atom stereocenters. The lowest BCUT2D eigenvalue weighted by Crippen LogP contribution is -2.26. The van der Waals surface area contributed by atoms with Crippen molar-refractivity contribution in [2.24, 2.45) is 5.92 Å². The Labute approximate surface area is 175 Å². The van der Waals surface area contributed by atoms with E-state index in [-0.39, 0.29) is 11.7 Å². The minimum Gasteiger partial charge on any atom is -0.352 e. The summed E-state index contributed by atoms with van der Waals surface area (Å²) >= 11 is 5.89. The van der Waals surface area contributed by atoms with Crippen LogP contribution in [0.15, 0.2) is 54.7 Å². The lowest BCUT2D eigenvalue weighted by atomic mass is 9.77. The van der Waals surface area contributed by atoms with E-state index in [1.54, 1.807) is 12.1 Å². The second-order valence-corrected chi connectivity index (χ2v) is 8.32. The van der Waals surface area contributed by atoms with E-state index >= 15 is 0 Å². The molecule has 1 aliphatic rings. The Bertz CT molecular complexity index is 997. The van der Waals surface area contributed by atoms with Gasteiger partial charge in [-0.2, -0.15) is 0 Å². The number of carbonyl (C=O) groups is 1. The maximum atomic E-state index is 13.7. The molecule has 0 radical (unpaired) electrons. The number of nitrogens with one attached hydrogen (secondary N) is 1. The molecule has 1 aliphatic carbocycles. The quantitative estimate of drug-likeness (QED) is 0.559. The topological polar surface area (TPSA) is 42.0 Å². The molecule has 0 bridgehead atoms. The van der Waals surface area contributed by atoms with Crippen molar-refractivity contribution in [3.63, 3.8) is 0 Å². The van der Waals surface area contributed by atoms with E-state index in [4.69, 9.17) is 11.6 Å². The van der Waals surface area contributed by atoms with Crippen LogP contribution in [0.2, 0.25) is 5.02 Å². The van der Waals surface area contributed by atoms with Gasteiger partial charge in [0.25, 0.3) is 0 Å². The number of hydrogen-bond donors (Lipinski definition) is 1. The third kappa shape index (κ3) is 4.94. The summed E-state index contributed by atoms with van der Waals surface area (Å²) in [6.07, 6.45) is 6.43. The average Bonchev–Trinajstić information content (AvgIpc) is 2.73. The van der Waals surface area contributed by atoms with Crippen LogP contribution in [0.3, 0.4) is 0 Å². The molecular weight excluding hydrogens is 387 g/mol. The number of hydrogen-bond acceptors (Lipinski definition) is 2. The van der Waals surface area contributed by atoms with E-state index in [9.17, 15) is 9.18 Å².